The number of fused-ring (bicyclic) bond motifs is 1. The smallest absolute Gasteiger partial charge is 0.406 e. The summed E-state index contributed by atoms with van der Waals surface area (Å²) in [6.45, 7) is 0.218. The summed E-state index contributed by atoms with van der Waals surface area (Å²) in [5, 5.41) is 0. The quantitative estimate of drug-likeness (QED) is 0.710. The molecule has 0 aromatic heterocycles. The van der Waals surface area contributed by atoms with Crippen LogP contribution in [0.3, 0.4) is 0 Å². The maximum Gasteiger partial charge on any atom is 0.406 e. The van der Waals surface area contributed by atoms with Crippen molar-refractivity contribution in [3.05, 3.63) is 0 Å². The van der Waals surface area contributed by atoms with Gasteiger partial charge in [0.15, 0.2) is 6.10 Å². The van der Waals surface area contributed by atoms with E-state index >= 15 is 0 Å². The Morgan fingerprint density at radius 3 is 2.50 bits per heavy atom. The van der Waals surface area contributed by atoms with Gasteiger partial charge in [-0.15, -0.1) is 0 Å². The predicted octanol–water partition coefficient (Wildman–Crippen LogP) is 1.62. The first-order chi connectivity index (χ1) is 7.56. The largest absolute Gasteiger partial charge is 0.445 e. The summed E-state index contributed by atoms with van der Waals surface area (Å²) in [7, 11) is 0. The van der Waals surface area contributed by atoms with E-state index < -0.39 is 29.4 Å². The molecule has 0 aliphatic carbocycles. The third-order valence-electron chi connectivity index (χ3n) is 2.41. The van der Waals surface area contributed by atoms with Crippen molar-refractivity contribution in [1.29, 1.82) is 0 Å². The van der Waals surface area contributed by atoms with Gasteiger partial charge in [-0.2, -0.15) is 0 Å². The lowest BCUT2D eigenvalue weighted by atomic mass is 10.1. The van der Waals surface area contributed by atoms with Gasteiger partial charge in [0.05, 0.1) is 12.7 Å². The summed E-state index contributed by atoms with van der Waals surface area (Å²) in [6, 6.07) is 0. The topological polar surface area (TPSA) is 71.1 Å². The Morgan fingerprint density at radius 1 is 1.19 bits per heavy atom. The van der Waals surface area contributed by atoms with Gasteiger partial charge in [0.2, 0.25) is 6.29 Å². The Morgan fingerprint density at radius 2 is 1.88 bits per heavy atom. The molecule has 0 radical (unpaired) electrons. The van der Waals surface area contributed by atoms with Gasteiger partial charge < -0.3 is 18.9 Å². The molecule has 8 heteroatoms. The van der Waals surface area contributed by atoms with Gasteiger partial charge in [-0.3, -0.25) is 0 Å². The molecule has 90 valence electrons. The van der Waals surface area contributed by atoms with Crippen molar-refractivity contribution in [3.8, 4) is 0 Å². The Labute approximate surface area is 101 Å². The SMILES string of the molecule is O=C(Cl)OC1CC2OCC(OC(=O)Cl)C2O1. The second kappa shape index (κ2) is 4.75. The molecule has 0 aromatic carbocycles. The van der Waals surface area contributed by atoms with Crippen LogP contribution in [-0.2, 0) is 18.9 Å². The molecule has 0 spiro atoms. The summed E-state index contributed by atoms with van der Waals surface area (Å²) in [6.07, 6.45) is -1.73. The van der Waals surface area contributed by atoms with Gasteiger partial charge in [-0.25, -0.2) is 9.59 Å². The zero-order chi connectivity index (χ0) is 11.7. The molecule has 2 saturated heterocycles. The lowest BCUT2D eigenvalue weighted by Crippen LogP contribution is -2.31. The maximum atomic E-state index is 10.6. The minimum absolute atomic E-state index is 0.218. The van der Waals surface area contributed by atoms with Crippen molar-refractivity contribution >= 4 is 34.1 Å². The summed E-state index contributed by atoms with van der Waals surface area (Å²) in [5.41, 5.74) is -1.87. The minimum atomic E-state index is -0.948. The van der Waals surface area contributed by atoms with Gasteiger partial charge in [-0.1, -0.05) is 0 Å². The third-order valence-corrected chi connectivity index (χ3v) is 2.59. The van der Waals surface area contributed by atoms with E-state index in [9.17, 15) is 9.59 Å². The zero-order valence-electron chi connectivity index (χ0n) is 7.93. The van der Waals surface area contributed by atoms with Crippen LogP contribution in [0.5, 0.6) is 0 Å². The Hall–Kier alpha value is -0.560. The van der Waals surface area contributed by atoms with Crippen LogP contribution in [0.2, 0.25) is 0 Å². The summed E-state index contributed by atoms with van der Waals surface area (Å²) < 4.78 is 20.1. The number of carbonyl (C=O) groups is 2. The molecule has 2 aliphatic rings. The first kappa shape index (κ1) is 11.9. The highest BCUT2D eigenvalue weighted by Gasteiger charge is 2.49. The van der Waals surface area contributed by atoms with E-state index in [0.29, 0.717) is 6.42 Å². The molecule has 0 saturated carbocycles. The van der Waals surface area contributed by atoms with Crippen LogP contribution >= 0.6 is 23.2 Å². The number of ether oxygens (including phenoxy) is 4. The monoisotopic (exact) mass is 270 g/mol. The van der Waals surface area contributed by atoms with Gasteiger partial charge in [-0.05, 0) is 0 Å². The highest BCUT2D eigenvalue weighted by Crippen LogP contribution is 2.33. The molecular formula is C8H8Cl2O6. The summed E-state index contributed by atoms with van der Waals surface area (Å²) in [4.78, 5) is 21.1. The lowest BCUT2D eigenvalue weighted by molar-refractivity contribution is -0.112. The molecule has 0 N–H and O–H groups in total. The molecule has 6 nitrogen and oxygen atoms in total. The first-order valence-electron chi connectivity index (χ1n) is 4.55. The average molecular weight is 271 g/mol. The standard InChI is InChI=1S/C8H8Cl2O6/c9-7(11)14-4-2-13-3-1-5(15-6(3)4)16-8(10)12/h3-6H,1-2H2. The molecule has 4 atom stereocenters. The van der Waals surface area contributed by atoms with Crippen molar-refractivity contribution in [2.24, 2.45) is 0 Å². The minimum Gasteiger partial charge on any atom is -0.445 e. The predicted molar refractivity (Wildman–Crippen MR) is 51.5 cm³/mol. The third kappa shape index (κ3) is 2.57. The molecule has 0 bridgehead atoms. The van der Waals surface area contributed by atoms with Crippen molar-refractivity contribution in [2.45, 2.75) is 31.0 Å². The Bertz CT molecular complexity index is 309. The fourth-order valence-corrected chi connectivity index (χ4v) is 2.06. The molecule has 0 aromatic rings. The van der Waals surface area contributed by atoms with Gasteiger partial charge in [0.1, 0.15) is 6.10 Å². The first-order valence-corrected chi connectivity index (χ1v) is 5.31. The maximum absolute atomic E-state index is 10.6. The van der Waals surface area contributed by atoms with E-state index in [4.69, 9.17) is 37.4 Å². The van der Waals surface area contributed by atoms with Gasteiger partial charge in [0.25, 0.3) is 0 Å². The number of halogens is 2. The van der Waals surface area contributed by atoms with E-state index in [1.807, 2.05) is 0 Å². The van der Waals surface area contributed by atoms with Gasteiger partial charge >= 0.3 is 10.9 Å². The van der Waals surface area contributed by atoms with E-state index in [1.165, 1.54) is 0 Å². The van der Waals surface area contributed by atoms with Crippen LogP contribution < -0.4 is 0 Å². The van der Waals surface area contributed by atoms with Crippen LogP contribution in [0.1, 0.15) is 6.42 Å². The van der Waals surface area contributed by atoms with Crippen molar-refractivity contribution < 1.29 is 28.5 Å². The van der Waals surface area contributed by atoms with Crippen LogP contribution in [0.15, 0.2) is 0 Å². The van der Waals surface area contributed by atoms with Crippen molar-refractivity contribution in [2.75, 3.05) is 6.61 Å². The Kier molecular flexibility index (Phi) is 3.53. The van der Waals surface area contributed by atoms with E-state index in [1.54, 1.807) is 0 Å². The highest BCUT2D eigenvalue weighted by atomic mass is 35.5. The normalized spacial score (nSPS) is 36.9. The van der Waals surface area contributed by atoms with E-state index in [2.05, 4.69) is 4.74 Å². The molecule has 4 unspecified atom stereocenters. The van der Waals surface area contributed by atoms with Crippen LogP contribution in [-0.4, -0.2) is 42.1 Å². The molecule has 16 heavy (non-hydrogen) atoms. The highest BCUT2D eigenvalue weighted by molar-refractivity contribution is 6.61. The lowest BCUT2D eigenvalue weighted by Gasteiger charge is -2.16. The fourth-order valence-electron chi connectivity index (χ4n) is 1.84. The number of carbonyl (C=O) groups excluding carboxylic acids is 2. The molecule has 2 rings (SSSR count). The molecule has 2 fully saturated rings. The number of hydrogen-bond acceptors (Lipinski definition) is 6. The van der Waals surface area contributed by atoms with Gasteiger partial charge in [0, 0.05) is 29.6 Å². The van der Waals surface area contributed by atoms with Crippen LogP contribution in [0, 0.1) is 0 Å². The summed E-state index contributed by atoms with van der Waals surface area (Å²) in [5.74, 6) is 0. The second-order valence-corrected chi connectivity index (χ2v) is 4.00. The van der Waals surface area contributed by atoms with Crippen LogP contribution in [0.25, 0.3) is 0 Å². The fraction of sp³-hybridized carbons (Fsp3) is 0.750. The number of hydrogen-bond donors (Lipinski definition) is 0. The van der Waals surface area contributed by atoms with Crippen molar-refractivity contribution in [1.82, 2.24) is 0 Å². The number of rotatable bonds is 2. The summed E-state index contributed by atoms with van der Waals surface area (Å²) >= 11 is 10.1. The van der Waals surface area contributed by atoms with Crippen molar-refractivity contribution in [3.63, 3.8) is 0 Å². The zero-order valence-corrected chi connectivity index (χ0v) is 9.44. The molecular weight excluding hydrogens is 263 g/mol. The second-order valence-electron chi connectivity index (χ2n) is 3.39. The Balaban J connectivity index is 1.91. The van der Waals surface area contributed by atoms with Crippen LogP contribution in [0.4, 0.5) is 9.59 Å². The average Bonchev–Trinajstić information content (AvgIpc) is 2.66. The molecule has 2 heterocycles. The molecule has 2 aliphatic heterocycles. The van der Waals surface area contributed by atoms with E-state index in [-0.39, 0.29) is 12.7 Å². The van der Waals surface area contributed by atoms with E-state index in [0.717, 1.165) is 0 Å². The molecule has 0 amide bonds.